The van der Waals surface area contributed by atoms with E-state index in [1.165, 1.54) is 16.8 Å². The summed E-state index contributed by atoms with van der Waals surface area (Å²) in [6.45, 7) is 0.243. The van der Waals surface area contributed by atoms with Crippen molar-refractivity contribution in [3.63, 3.8) is 0 Å². The summed E-state index contributed by atoms with van der Waals surface area (Å²) in [6.07, 6.45) is -2.58. The molecule has 0 bridgehead atoms. The van der Waals surface area contributed by atoms with Gasteiger partial charge in [-0.05, 0) is 59.3 Å². The molecule has 0 aliphatic carbocycles. The molecule has 0 atom stereocenters. The van der Waals surface area contributed by atoms with Crippen molar-refractivity contribution in [1.29, 1.82) is 0 Å². The Morgan fingerprint density at radius 2 is 1.74 bits per heavy atom. The summed E-state index contributed by atoms with van der Waals surface area (Å²) in [7, 11) is 0. The fourth-order valence-electron chi connectivity index (χ4n) is 4.04. The molecule has 0 unspecified atom stereocenters. The van der Waals surface area contributed by atoms with E-state index in [0.717, 1.165) is 22.1 Å². The molecule has 0 aliphatic heterocycles. The topological polar surface area (TPSA) is 85.8 Å². The zero-order valence-corrected chi connectivity index (χ0v) is 20.8. The maximum Gasteiger partial charge on any atom is 0.416 e. The monoisotopic (exact) mass is 533 g/mol. The number of aromatic nitrogens is 3. The first-order valence-electron chi connectivity index (χ1n) is 11.7. The van der Waals surface area contributed by atoms with Crippen molar-refractivity contribution in [2.75, 3.05) is 11.1 Å². The molecule has 0 fully saturated rings. The number of nitrogen functional groups attached to an aromatic ring is 1. The molecule has 0 spiro atoms. The summed E-state index contributed by atoms with van der Waals surface area (Å²) >= 11 is 1.60. The number of hydrogen-bond donors (Lipinski definition) is 2. The zero-order valence-electron chi connectivity index (χ0n) is 19.9. The Bertz CT molecular complexity index is 1560. The average Bonchev–Trinajstić information content (AvgIpc) is 3.61. The second kappa shape index (κ2) is 10.5. The van der Waals surface area contributed by atoms with Gasteiger partial charge in [0, 0.05) is 22.5 Å². The van der Waals surface area contributed by atoms with Crippen LogP contribution in [0.3, 0.4) is 0 Å². The van der Waals surface area contributed by atoms with Crippen LogP contribution in [0.4, 0.5) is 24.5 Å². The van der Waals surface area contributed by atoms with Crippen molar-refractivity contribution in [3.8, 4) is 21.7 Å². The van der Waals surface area contributed by atoms with Gasteiger partial charge in [0.1, 0.15) is 5.69 Å². The van der Waals surface area contributed by atoms with Crippen LogP contribution in [-0.2, 0) is 19.1 Å². The lowest BCUT2D eigenvalue weighted by atomic mass is 10.0. The van der Waals surface area contributed by atoms with Crippen LogP contribution < -0.4 is 11.1 Å². The Morgan fingerprint density at radius 1 is 0.974 bits per heavy atom. The lowest BCUT2D eigenvalue weighted by Gasteiger charge is -2.12. The number of amides is 1. The number of thiophene rings is 1. The van der Waals surface area contributed by atoms with E-state index in [1.807, 2.05) is 29.6 Å². The second-order valence-corrected chi connectivity index (χ2v) is 9.53. The minimum absolute atomic E-state index is 0.161. The largest absolute Gasteiger partial charge is 0.416 e. The molecule has 3 N–H and O–H groups in total. The zero-order chi connectivity index (χ0) is 26.7. The molecule has 0 saturated carbocycles. The van der Waals surface area contributed by atoms with Gasteiger partial charge < -0.3 is 11.1 Å². The number of rotatable bonds is 7. The number of nitrogens with zero attached hydrogens (tertiary/aromatic N) is 3. The number of carbonyl (C=O) groups excluding carboxylic acids is 1. The van der Waals surface area contributed by atoms with Crippen molar-refractivity contribution in [2.24, 2.45) is 0 Å². The summed E-state index contributed by atoms with van der Waals surface area (Å²) in [4.78, 5) is 13.9. The van der Waals surface area contributed by atoms with Gasteiger partial charge in [-0.15, -0.1) is 16.4 Å². The molecule has 0 saturated heterocycles. The van der Waals surface area contributed by atoms with Crippen molar-refractivity contribution in [2.45, 2.75) is 19.1 Å². The molecule has 2 aromatic heterocycles. The predicted octanol–water partition coefficient (Wildman–Crippen LogP) is 6.77. The van der Waals surface area contributed by atoms with E-state index in [4.69, 9.17) is 5.73 Å². The molecule has 192 valence electrons. The third kappa shape index (κ3) is 5.60. The van der Waals surface area contributed by atoms with Gasteiger partial charge in [0.15, 0.2) is 0 Å². The van der Waals surface area contributed by atoms with Gasteiger partial charge in [-0.3, -0.25) is 9.48 Å². The van der Waals surface area contributed by atoms with E-state index < -0.39 is 11.7 Å². The second-order valence-electron chi connectivity index (χ2n) is 8.58. The number of nitrogens with two attached hydrogens (primary N) is 1. The smallest absolute Gasteiger partial charge is 0.397 e. The number of aryl methyl sites for hydroxylation is 2. The van der Waals surface area contributed by atoms with Gasteiger partial charge in [0.2, 0.25) is 0 Å². The summed E-state index contributed by atoms with van der Waals surface area (Å²) in [5.74, 6) is -0.307. The van der Waals surface area contributed by atoms with Gasteiger partial charge in [0.05, 0.1) is 23.1 Å². The number of benzene rings is 3. The van der Waals surface area contributed by atoms with Crippen molar-refractivity contribution in [3.05, 3.63) is 107 Å². The van der Waals surface area contributed by atoms with Crippen LogP contribution in [0.1, 0.15) is 21.5 Å². The van der Waals surface area contributed by atoms with E-state index >= 15 is 0 Å². The molecule has 5 aromatic rings. The molecule has 10 heteroatoms. The van der Waals surface area contributed by atoms with E-state index in [1.54, 1.807) is 53.9 Å². The summed E-state index contributed by atoms with van der Waals surface area (Å²) in [5.41, 5.74) is 9.30. The predicted molar refractivity (Wildman–Crippen MR) is 143 cm³/mol. The van der Waals surface area contributed by atoms with Crippen LogP contribution in [-0.4, -0.2) is 20.9 Å². The highest BCUT2D eigenvalue weighted by Gasteiger charge is 2.32. The van der Waals surface area contributed by atoms with Crippen molar-refractivity contribution >= 4 is 28.6 Å². The van der Waals surface area contributed by atoms with Crippen LogP contribution in [0, 0.1) is 0 Å². The van der Waals surface area contributed by atoms with Gasteiger partial charge >= 0.3 is 6.18 Å². The molecule has 2 heterocycles. The van der Waals surface area contributed by atoms with Crippen LogP contribution in [0.5, 0.6) is 0 Å². The number of alkyl halides is 3. The van der Waals surface area contributed by atoms with Crippen molar-refractivity contribution < 1.29 is 18.0 Å². The van der Waals surface area contributed by atoms with Crippen molar-refractivity contribution in [1.82, 2.24) is 15.0 Å². The van der Waals surface area contributed by atoms with E-state index in [9.17, 15) is 18.0 Å². The van der Waals surface area contributed by atoms with Gasteiger partial charge in [-0.2, -0.15) is 13.2 Å². The Kier molecular flexibility index (Phi) is 6.97. The first kappa shape index (κ1) is 25.2. The summed E-state index contributed by atoms with van der Waals surface area (Å²) < 4.78 is 41.2. The van der Waals surface area contributed by atoms with Gasteiger partial charge in [-0.1, -0.05) is 47.7 Å². The molecular formula is C28H22F3N5OS. The molecular weight excluding hydrogens is 511 g/mol. The molecule has 0 radical (unpaired) electrons. The molecule has 1 amide bonds. The minimum Gasteiger partial charge on any atom is -0.397 e. The molecule has 6 nitrogen and oxygen atoms in total. The van der Waals surface area contributed by atoms with Crippen LogP contribution >= 0.6 is 11.3 Å². The van der Waals surface area contributed by atoms with E-state index in [0.29, 0.717) is 22.6 Å². The summed E-state index contributed by atoms with van der Waals surface area (Å²) in [5, 5.41) is 13.0. The fraction of sp³-hybridized carbons (Fsp3) is 0.107. The highest BCUT2D eigenvalue weighted by Crippen LogP contribution is 2.32. The SMILES string of the molecule is Nc1ccc(-c2cccs2)cc1NC(=O)c1ccc(-c2cn(CCc3ccccc3C(F)(F)F)nn2)cc1. The number of hydrogen-bond acceptors (Lipinski definition) is 5. The van der Waals surface area contributed by atoms with Crippen LogP contribution in [0.15, 0.2) is 90.4 Å². The third-order valence-electron chi connectivity index (χ3n) is 6.02. The normalized spacial score (nSPS) is 11.4. The van der Waals surface area contributed by atoms with Crippen LogP contribution in [0.2, 0.25) is 0 Å². The first-order chi connectivity index (χ1) is 18.3. The van der Waals surface area contributed by atoms with E-state index in [-0.39, 0.29) is 24.4 Å². The third-order valence-corrected chi connectivity index (χ3v) is 6.94. The Morgan fingerprint density at radius 3 is 2.47 bits per heavy atom. The molecule has 38 heavy (non-hydrogen) atoms. The Balaban J connectivity index is 1.25. The lowest BCUT2D eigenvalue weighted by molar-refractivity contribution is -0.138. The number of anilines is 2. The molecule has 5 rings (SSSR count). The fourth-order valence-corrected chi connectivity index (χ4v) is 4.76. The standard InChI is InChI=1S/C28H22F3N5OS/c29-28(30,31)22-5-2-1-4-18(22)13-14-36-17-25(34-35-36)19-7-9-20(10-8-19)27(37)33-24-16-21(11-12-23(24)32)26-6-3-15-38-26/h1-12,15-17H,13-14,32H2,(H,33,37). The summed E-state index contributed by atoms with van der Waals surface area (Å²) in [6, 6.07) is 21.8. The molecule has 0 aliphatic rings. The quantitative estimate of drug-likeness (QED) is 0.226. The highest BCUT2D eigenvalue weighted by atomic mass is 32.1. The Hall–Kier alpha value is -4.44. The van der Waals surface area contributed by atoms with Crippen LogP contribution in [0.25, 0.3) is 21.7 Å². The molecule has 3 aromatic carbocycles. The lowest BCUT2D eigenvalue weighted by Crippen LogP contribution is -2.13. The van der Waals surface area contributed by atoms with Gasteiger partial charge in [-0.25, -0.2) is 0 Å². The maximum atomic E-state index is 13.2. The average molecular weight is 534 g/mol. The minimum atomic E-state index is -4.41. The maximum absolute atomic E-state index is 13.2. The highest BCUT2D eigenvalue weighted by molar-refractivity contribution is 7.13. The number of halogens is 3. The van der Waals surface area contributed by atoms with E-state index in [2.05, 4.69) is 15.6 Å². The first-order valence-corrected chi connectivity index (χ1v) is 12.6. The van der Waals surface area contributed by atoms with Gasteiger partial charge in [0.25, 0.3) is 5.91 Å². The Labute approximate surface area is 220 Å². The number of nitrogens with one attached hydrogen (secondary N) is 1. The number of carbonyl (C=O) groups is 1.